The van der Waals surface area contributed by atoms with Gasteiger partial charge in [-0.25, -0.2) is 0 Å². The Morgan fingerprint density at radius 3 is 2.19 bits per heavy atom. The number of rotatable bonds is 8. The van der Waals surface area contributed by atoms with Crippen LogP contribution < -0.4 is 5.32 Å². The van der Waals surface area contributed by atoms with Crippen molar-refractivity contribution in [2.45, 2.75) is 53.1 Å². The molecule has 0 amide bonds. The average molecular weight is 225 g/mol. The van der Waals surface area contributed by atoms with Crippen LogP contribution in [0.2, 0.25) is 0 Å². The fourth-order valence-electron chi connectivity index (χ4n) is 1.67. The molecule has 0 heterocycles. The summed E-state index contributed by atoms with van der Waals surface area (Å²) in [7, 11) is 0. The summed E-state index contributed by atoms with van der Waals surface area (Å²) in [6.45, 7) is 13.7. The van der Waals surface area contributed by atoms with E-state index in [0.29, 0.717) is 12.0 Å². The molecule has 0 spiro atoms. The minimum atomic E-state index is -0.0406. The van der Waals surface area contributed by atoms with E-state index < -0.39 is 0 Å². The third kappa shape index (κ3) is 6.81. The maximum atomic E-state index is 9.08. The number of nitriles is 1. The van der Waals surface area contributed by atoms with Crippen LogP contribution in [0.25, 0.3) is 0 Å². The highest BCUT2D eigenvalue weighted by molar-refractivity contribution is 4.92. The third-order valence-corrected chi connectivity index (χ3v) is 2.54. The molecule has 1 N–H and O–H groups in total. The summed E-state index contributed by atoms with van der Waals surface area (Å²) in [5, 5.41) is 12.4. The maximum absolute atomic E-state index is 9.08. The van der Waals surface area contributed by atoms with Crippen molar-refractivity contribution in [3.05, 3.63) is 0 Å². The molecule has 0 aliphatic carbocycles. The highest BCUT2D eigenvalue weighted by atomic mass is 15.2. The molecule has 0 aliphatic rings. The van der Waals surface area contributed by atoms with Crippen molar-refractivity contribution in [2.75, 3.05) is 19.6 Å². The van der Waals surface area contributed by atoms with Gasteiger partial charge in [-0.2, -0.15) is 5.26 Å². The van der Waals surface area contributed by atoms with Gasteiger partial charge in [-0.3, -0.25) is 4.90 Å². The molecule has 0 radical (unpaired) electrons. The normalized spacial score (nSPS) is 13.4. The van der Waals surface area contributed by atoms with Crippen LogP contribution in [-0.2, 0) is 0 Å². The molecule has 0 rings (SSSR count). The molecular weight excluding hydrogens is 198 g/mol. The lowest BCUT2D eigenvalue weighted by atomic mass is 10.1. The van der Waals surface area contributed by atoms with Crippen LogP contribution in [0.15, 0.2) is 0 Å². The van der Waals surface area contributed by atoms with Crippen molar-refractivity contribution in [3.8, 4) is 6.07 Å². The monoisotopic (exact) mass is 225 g/mol. The van der Waals surface area contributed by atoms with Gasteiger partial charge in [0.25, 0.3) is 0 Å². The van der Waals surface area contributed by atoms with Gasteiger partial charge in [0, 0.05) is 19.1 Å². The quantitative estimate of drug-likeness (QED) is 0.688. The average Bonchev–Trinajstić information content (AvgIpc) is 2.21. The van der Waals surface area contributed by atoms with Crippen molar-refractivity contribution in [1.29, 1.82) is 5.26 Å². The number of hydrogen-bond donors (Lipinski definition) is 1. The fourth-order valence-corrected chi connectivity index (χ4v) is 1.67. The molecule has 0 aromatic rings. The van der Waals surface area contributed by atoms with Gasteiger partial charge in [0.05, 0.1) is 6.07 Å². The predicted octanol–water partition coefficient (Wildman–Crippen LogP) is 2.24. The van der Waals surface area contributed by atoms with Gasteiger partial charge in [-0.1, -0.05) is 20.8 Å². The Labute approximate surface area is 101 Å². The topological polar surface area (TPSA) is 39.1 Å². The van der Waals surface area contributed by atoms with Crippen LogP contribution in [0.5, 0.6) is 0 Å². The van der Waals surface area contributed by atoms with Crippen LogP contribution in [0.4, 0.5) is 0 Å². The van der Waals surface area contributed by atoms with E-state index in [2.05, 4.69) is 50.9 Å². The van der Waals surface area contributed by atoms with E-state index in [-0.39, 0.29) is 6.04 Å². The van der Waals surface area contributed by atoms with Crippen molar-refractivity contribution in [2.24, 2.45) is 5.92 Å². The van der Waals surface area contributed by atoms with Gasteiger partial charge in [-0.15, -0.1) is 0 Å². The summed E-state index contributed by atoms with van der Waals surface area (Å²) >= 11 is 0. The van der Waals surface area contributed by atoms with Crippen molar-refractivity contribution < 1.29 is 0 Å². The first kappa shape index (κ1) is 15.4. The zero-order chi connectivity index (χ0) is 12.6. The Hall–Kier alpha value is -0.590. The van der Waals surface area contributed by atoms with Gasteiger partial charge in [0.15, 0.2) is 0 Å². The largest absolute Gasteiger partial charge is 0.301 e. The molecule has 1 unspecified atom stereocenters. The van der Waals surface area contributed by atoms with E-state index in [0.717, 1.165) is 26.1 Å². The number of nitrogens with zero attached hydrogens (tertiary/aromatic N) is 2. The van der Waals surface area contributed by atoms with Crippen molar-refractivity contribution >= 4 is 0 Å². The van der Waals surface area contributed by atoms with Crippen molar-refractivity contribution in [3.63, 3.8) is 0 Å². The fraction of sp³-hybridized carbons (Fsp3) is 0.923. The molecule has 16 heavy (non-hydrogen) atoms. The summed E-state index contributed by atoms with van der Waals surface area (Å²) in [4.78, 5) is 2.38. The maximum Gasteiger partial charge on any atom is 0.108 e. The van der Waals surface area contributed by atoms with Crippen LogP contribution in [0.3, 0.4) is 0 Å². The third-order valence-electron chi connectivity index (χ3n) is 2.54. The van der Waals surface area contributed by atoms with Gasteiger partial charge < -0.3 is 5.32 Å². The van der Waals surface area contributed by atoms with Gasteiger partial charge in [-0.05, 0) is 32.7 Å². The first-order valence-electron chi connectivity index (χ1n) is 6.38. The van der Waals surface area contributed by atoms with Crippen LogP contribution >= 0.6 is 0 Å². The number of nitrogens with one attached hydrogen (secondary N) is 1. The minimum absolute atomic E-state index is 0.0406. The zero-order valence-electron chi connectivity index (χ0n) is 11.5. The molecule has 0 bridgehead atoms. The van der Waals surface area contributed by atoms with E-state index in [1.165, 1.54) is 0 Å². The van der Waals surface area contributed by atoms with Gasteiger partial charge >= 0.3 is 0 Å². The smallest absolute Gasteiger partial charge is 0.108 e. The second-order valence-corrected chi connectivity index (χ2v) is 5.08. The molecule has 0 aliphatic heterocycles. The first-order valence-corrected chi connectivity index (χ1v) is 6.38. The molecule has 3 nitrogen and oxygen atoms in total. The SMILES string of the molecule is CCCNC(C#N)CN(CC(C)C)C(C)C. The summed E-state index contributed by atoms with van der Waals surface area (Å²) < 4.78 is 0. The molecule has 0 saturated heterocycles. The molecule has 0 aromatic heterocycles. The summed E-state index contributed by atoms with van der Waals surface area (Å²) in [5.41, 5.74) is 0. The highest BCUT2D eigenvalue weighted by Crippen LogP contribution is 2.05. The summed E-state index contributed by atoms with van der Waals surface area (Å²) in [6, 6.07) is 2.80. The Kier molecular flexibility index (Phi) is 8.23. The molecular formula is C13H27N3. The Morgan fingerprint density at radius 1 is 1.19 bits per heavy atom. The van der Waals surface area contributed by atoms with Crippen LogP contribution in [0.1, 0.15) is 41.0 Å². The van der Waals surface area contributed by atoms with Crippen LogP contribution in [0, 0.1) is 17.2 Å². The Morgan fingerprint density at radius 2 is 1.81 bits per heavy atom. The lowest BCUT2D eigenvalue weighted by Gasteiger charge is -2.30. The van der Waals surface area contributed by atoms with Crippen molar-refractivity contribution in [1.82, 2.24) is 10.2 Å². The van der Waals surface area contributed by atoms with E-state index in [4.69, 9.17) is 5.26 Å². The molecule has 94 valence electrons. The molecule has 1 atom stereocenters. The van der Waals surface area contributed by atoms with E-state index in [9.17, 15) is 0 Å². The molecule has 0 aromatic carbocycles. The lowest BCUT2D eigenvalue weighted by Crippen LogP contribution is -2.44. The molecule has 0 fully saturated rings. The molecule has 0 saturated carbocycles. The van der Waals surface area contributed by atoms with E-state index in [1.54, 1.807) is 0 Å². The second kappa shape index (κ2) is 8.55. The minimum Gasteiger partial charge on any atom is -0.301 e. The zero-order valence-corrected chi connectivity index (χ0v) is 11.5. The highest BCUT2D eigenvalue weighted by Gasteiger charge is 2.16. The first-order chi connectivity index (χ1) is 7.51. The van der Waals surface area contributed by atoms with E-state index in [1.807, 2.05) is 0 Å². The second-order valence-electron chi connectivity index (χ2n) is 5.08. The number of hydrogen-bond acceptors (Lipinski definition) is 3. The Balaban J connectivity index is 4.19. The standard InChI is InChI=1S/C13H27N3/c1-6-7-15-13(8-14)10-16(12(4)5)9-11(2)3/h11-13,15H,6-7,9-10H2,1-5H3. The van der Waals surface area contributed by atoms with Crippen LogP contribution in [-0.4, -0.2) is 36.6 Å². The summed E-state index contributed by atoms with van der Waals surface area (Å²) in [6.07, 6.45) is 1.07. The van der Waals surface area contributed by atoms with E-state index >= 15 is 0 Å². The molecule has 3 heteroatoms. The van der Waals surface area contributed by atoms with Gasteiger partial charge in [0.2, 0.25) is 0 Å². The lowest BCUT2D eigenvalue weighted by molar-refractivity contribution is 0.187. The Bertz CT molecular complexity index is 206. The van der Waals surface area contributed by atoms with Gasteiger partial charge in [0.1, 0.15) is 6.04 Å². The summed E-state index contributed by atoms with van der Waals surface area (Å²) in [5.74, 6) is 0.646. The predicted molar refractivity (Wildman–Crippen MR) is 69.2 cm³/mol.